The maximum Gasteiger partial charge on any atom is 0.433 e. The molecule has 0 aliphatic heterocycles. The highest BCUT2D eigenvalue weighted by Crippen LogP contribution is 2.27. The van der Waals surface area contributed by atoms with Crippen LogP contribution in [-0.2, 0) is 6.18 Å². The van der Waals surface area contributed by atoms with E-state index in [1.54, 1.807) is 0 Å². The molecule has 1 aromatic heterocycles. The molecule has 3 N–H and O–H groups in total. The third-order valence-electron chi connectivity index (χ3n) is 2.84. The number of alkyl halides is 3. The van der Waals surface area contributed by atoms with Crippen molar-refractivity contribution in [3.05, 3.63) is 29.6 Å². The lowest BCUT2D eigenvalue weighted by Gasteiger charge is -2.16. The number of pyridine rings is 1. The molecule has 0 fully saturated rings. The van der Waals surface area contributed by atoms with Gasteiger partial charge >= 0.3 is 6.18 Å². The van der Waals surface area contributed by atoms with Crippen LogP contribution in [0, 0.1) is 0 Å². The average Bonchev–Trinajstić information content (AvgIpc) is 2.42. The Hall–Kier alpha value is -1.63. The van der Waals surface area contributed by atoms with Crippen molar-refractivity contribution in [2.75, 3.05) is 6.54 Å². The van der Waals surface area contributed by atoms with Gasteiger partial charge in [-0.05, 0) is 18.6 Å². The van der Waals surface area contributed by atoms with E-state index in [0.717, 1.165) is 37.6 Å². The fourth-order valence-corrected chi connectivity index (χ4v) is 1.66. The Kier molecular flexibility index (Phi) is 5.94. The molecule has 1 aromatic rings. The van der Waals surface area contributed by atoms with Gasteiger partial charge in [0.05, 0.1) is 5.56 Å². The number of rotatable bonds is 6. The Balaban J connectivity index is 2.67. The Morgan fingerprint density at radius 1 is 1.45 bits per heavy atom. The lowest BCUT2D eigenvalue weighted by Crippen LogP contribution is -2.40. The van der Waals surface area contributed by atoms with E-state index in [9.17, 15) is 18.0 Å². The van der Waals surface area contributed by atoms with Crippen molar-refractivity contribution in [1.82, 2.24) is 10.3 Å². The van der Waals surface area contributed by atoms with Crippen molar-refractivity contribution in [3.63, 3.8) is 0 Å². The van der Waals surface area contributed by atoms with E-state index in [1.165, 1.54) is 0 Å². The van der Waals surface area contributed by atoms with Crippen molar-refractivity contribution in [2.24, 2.45) is 5.73 Å². The molecule has 0 saturated heterocycles. The SMILES string of the molecule is CCCCC(CN)NC(=O)c1ccc(C(F)(F)F)nc1. The van der Waals surface area contributed by atoms with Crippen LogP contribution < -0.4 is 11.1 Å². The minimum absolute atomic E-state index is 0.0907. The van der Waals surface area contributed by atoms with Gasteiger partial charge in [0.1, 0.15) is 5.69 Å². The minimum Gasteiger partial charge on any atom is -0.348 e. The summed E-state index contributed by atoms with van der Waals surface area (Å²) in [6.07, 6.45) is -0.935. The third-order valence-corrected chi connectivity index (χ3v) is 2.84. The monoisotopic (exact) mass is 289 g/mol. The minimum atomic E-state index is -4.50. The Bertz CT molecular complexity index is 431. The van der Waals surface area contributed by atoms with Gasteiger partial charge in [-0.2, -0.15) is 13.2 Å². The second kappa shape index (κ2) is 7.23. The summed E-state index contributed by atoms with van der Waals surface area (Å²) in [5, 5.41) is 2.69. The average molecular weight is 289 g/mol. The number of carbonyl (C=O) groups is 1. The van der Waals surface area contributed by atoms with E-state index >= 15 is 0 Å². The van der Waals surface area contributed by atoms with Gasteiger partial charge in [-0.3, -0.25) is 9.78 Å². The molecule has 0 spiro atoms. The molecule has 112 valence electrons. The van der Waals surface area contributed by atoms with Gasteiger partial charge < -0.3 is 11.1 Å². The van der Waals surface area contributed by atoms with Gasteiger partial charge in [0.2, 0.25) is 0 Å². The Labute approximate surface area is 115 Å². The molecule has 1 amide bonds. The van der Waals surface area contributed by atoms with Crippen LogP contribution >= 0.6 is 0 Å². The number of nitrogens with two attached hydrogens (primary N) is 1. The number of aromatic nitrogens is 1. The number of carbonyl (C=O) groups excluding carboxylic acids is 1. The molecule has 1 heterocycles. The highest BCUT2D eigenvalue weighted by molar-refractivity contribution is 5.94. The second-order valence-corrected chi connectivity index (χ2v) is 4.48. The smallest absolute Gasteiger partial charge is 0.348 e. The summed E-state index contributed by atoms with van der Waals surface area (Å²) in [7, 11) is 0. The first-order valence-corrected chi connectivity index (χ1v) is 6.42. The van der Waals surface area contributed by atoms with Crippen LogP contribution in [0.5, 0.6) is 0 Å². The lowest BCUT2D eigenvalue weighted by molar-refractivity contribution is -0.141. The van der Waals surface area contributed by atoms with Crippen molar-refractivity contribution >= 4 is 5.91 Å². The fourth-order valence-electron chi connectivity index (χ4n) is 1.66. The van der Waals surface area contributed by atoms with E-state index in [0.29, 0.717) is 6.54 Å². The number of unbranched alkanes of at least 4 members (excludes halogenated alkanes) is 1. The molecule has 4 nitrogen and oxygen atoms in total. The van der Waals surface area contributed by atoms with Crippen molar-refractivity contribution in [1.29, 1.82) is 0 Å². The van der Waals surface area contributed by atoms with Crippen LogP contribution in [0.4, 0.5) is 13.2 Å². The first-order valence-electron chi connectivity index (χ1n) is 6.42. The maximum absolute atomic E-state index is 12.3. The van der Waals surface area contributed by atoms with Crippen LogP contribution in [0.15, 0.2) is 18.3 Å². The molecule has 0 aliphatic rings. The zero-order chi connectivity index (χ0) is 15.2. The molecular formula is C13H18F3N3O. The van der Waals surface area contributed by atoms with Crippen molar-refractivity contribution in [2.45, 2.75) is 38.4 Å². The highest BCUT2D eigenvalue weighted by atomic mass is 19.4. The first kappa shape index (κ1) is 16.4. The molecule has 0 aromatic carbocycles. The summed E-state index contributed by atoms with van der Waals surface area (Å²) in [6.45, 7) is 2.31. The van der Waals surface area contributed by atoms with Crippen molar-refractivity contribution in [3.8, 4) is 0 Å². The normalized spacial score (nSPS) is 13.1. The van der Waals surface area contributed by atoms with E-state index < -0.39 is 17.8 Å². The molecule has 0 aliphatic carbocycles. The van der Waals surface area contributed by atoms with Gasteiger partial charge in [-0.25, -0.2) is 0 Å². The number of nitrogens with zero attached hydrogens (tertiary/aromatic N) is 1. The summed E-state index contributed by atoms with van der Waals surface area (Å²) in [5.41, 5.74) is 4.61. The molecule has 1 atom stereocenters. The lowest BCUT2D eigenvalue weighted by atomic mass is 10.1. The molecule has 20 heavy (non-hydrogen) atoms. The standard InChI is InChI=1S/C13H18F3N3O/c1-2-3-4-10(7-17)19-12(20)9-5-6-11(18-8-9)13(14,15)16/h5-6,8,10H,2-4,7,17H2,1H3,(H,19,20). The van der Waals surface area contributed by atoms with Gasteiger partial charge in [-0.1, -0.05) is 19.8 Å². The number of amides is 1. The van der Waals surface area contributed by atoms with Crippen LogP contribution in [-0.4, -0.2) is 23.5 Å². The molecule has 0 saturated carbocycles. The maximum atomic E-state index is 12.3. The predicted octanol–water partition coefficient (Wildman–Crippen LogP) is 2.35. The topological polar surface area (TPSA) is 68.0 Å². The molecular weight excluding hydrogens is 271 g/mol. The Morgan fingerprint density at radius 2 is 2.15 bits per heavy atom. The number of hydrogen-bond acceptors (Lipinski definition) is 3. The first-order chi connectivity index (χ1) is 9.38. The number of hydrogen-bond donors (Lipinski definition) is 2. The van der Waals surface area contributed by atoms with E-state index in [1.807, 2.05) is 6.92 Å². The van der Waals surface area contributed by atoms with Crippen LogP contribution in [0.2, 0.25) is 0 Å². The van der Waals surface area contributed by atoms with E-state index in [-0.39, 0.29) is 11.6 Å². The molecule has 0 radical (unpaired) electrons. The fraction of sp³-hybridized carbons (Fsp3) is 0.538. The van der Waals surface area contributed by atoms with E-state index in [4.69, 9.17) is 5.73 Å². The zero-order valence-electron chi connectivity index (χ0n) is 11.2. The zero-order valence-corrected chi connectivity index (χ0v) is 11.2. The molecule has 1 unspecified atom stereocenters. The van der Waals surface area contributed by atoms with Gasteiger partial charge in [-0.15, -0.1) is 0 Å². The summed E-state index contributed by atoms with van der Waals surface area (Å²) in [4.78, 5) is 15.1. The molecule has 1 rings (SSSR count). The highest BCUT2D eigenvalue weighted by Gasteiger charge is 2.32. The van der Waals surface area contributed by atoms with Crippen LogP contribution in [0.3, 0.4) is 0 Å². The van der Waals surface area contributed by atoms with Gasteiger partial charge in [0.25, 0.3) is 5.91 Å². The predicted molar refractivity (Wildman–Crippen MR) is 69.1 cm³/mol. The quantitative estimate of drug-likeness (QED) is 0.844. The number of halogens is 3. The number of nitrogens with one attached hydrogen (secondary N) is 1. The summed E-state index contributed by atoms with van der Waals surface area (Å²) in [5.74, 6) is -0.460. The summed E-state index contributed by atoms with van der Waals surface area (Å²) in [6, 6.07) is 1.72. The molecule has 7 heteroatoms. The van der Waals surface area contributed by atoms with Crippen molar-refractivity contribution < 1.29 is 18.0 Å². The molecule has 0 bridgehead atoms. The Morgan fingerprint density at radius 3 is 2.60 bits per heavy atom. The van der Waals surface area contributed by atoms with Gasteiger partial charge in [0.15, 0.2) is 0 Å². The van der Waals surface area contributed by atoms with Gasteiger partial charge in [0, 0.05) is 18.8 Å². The summed E-state index contributed by atoms with van der Waals surface area (Å²) < 4.78 is 37.0. The van der Waals surface area contributed by atoms with Crippen LogP contribution in [0.25, 0.3) is 0 Å². The van der Waals surface area contributed by atoms with E-state index in [2.05, 4.69) is 10.3 Å². The summed E-state index contributed by atoms with van der Waals surface area (Å²) >= 11 is 0. The second-order valence-electron chi connectivity index (χ2n) is 4.48. The third kappa shape index (κ3) is 4.80. The van der Waals surface area contributed by atoms with Crippen LogP contribution in [0.1, 0.15) is 42.2 Å². The largest absolute Gasteiger partial charge is 0.433 e.